The summed E-state index contributed by atoms with van der Waals surface area (Å²) in [6.45, 7) is 7.82. The monoisotopic (exact) mass is 484 g/mol. The van der Waals surface area contributed by atoms with Crippen LogP contribution in [-0.2, 0) is 23.1 Å². The van der Waals surface area contributed by atoms with E-state index in [-0.39, 0.29) is 0 Å². The molecule has 2 rings (SSSR count). The van der Waals surface area contributed by atoms with E-state index in [4.69, 9.17) is 14.0 Å². The first-order valence-electron chi connectivity index (χ1n) is 9.48. The van der Waals surface area contributed by atoms with E-state index in [0.29, 0.717) is 0 Å². The van der Waals surface area contributed by atoms with Gasteiger partial charge in [0.2, 0.25) is 7.37 Å². The summed E-state index contributed by atoms with van der Waals surface area (Å²) in [4.78, 5) is 45.7. The second kappa shape index (κ2) is 8.68. The Balaban J connectivity index is 2.39. The minimum absolute atomic E-state index is 0.503. The Labute approximate surface area is 179 Å². The van der Waals surface area contributed by atoms with E-state index in [0.717, 1.165) is 23.5 Å². The number of ether oxygens (including phenoxy) is 2. The standard InChI is InChI=1S/C17H30N2O10P2/c1-16(2,3)31(25,26)27-9-10-13(29-17(4,5)30(6,23)24)12(21)14(28-10)19-8-7-11(20)18-15(19)22/h7-8,10,12-14,21H,9H2,1-6H3,(H,23,24)(H,25,26)(H,18,20,22)/t10-,12?,13?,14-/m1/s1. The van der Waals surface area contributed by atoms with Gasteiger partial charge in [-0.1, -0.05) is 0 Å². The smallest absolute Gasteiger partial charge is 0.333 e. The van der Waals surface area contributed by atoms with Crippen LogP contribution in [0.25, 0.3) is 0 Å². The zero-order valence-electron chi connectivity index (χ0n) is 18.2. The van der Waals surface area contributed by atoms with Crippen molar-refractivity contribution in [3.63, 3.8) is 0 Å². The molecule has 12 nitrogen and oxygen atoms in total. The highest BCUT2D eigenvalue weighted by Crippen LogP contribution is 2.56. The van der Waals surface area contributed by atoms with Crippen LogP contribution in [0.2, 0.25) is 0 Å². The van der Waals surface area contributed by atoms with E-state index < -0.39 is 67.9 Å². The summed E-state index contributed by atoms with van der Waals surface area (Å²) >= 11 is 0. The van der Waals surface area contributed by atoms with Crippen LogP contribution in [-0.4, -0.2) is 66.5 Å². The average molecular weight is 484 g/mol. The van der Waals surface area contributed by atoms with Gasteiger partial charge in [0.05, 0.1) is 11.8 Å². The molecular formula is C17H30N2O10P2. The summed E-state index contributed by atoms with van der Waals surface area (Å²) in [5, 5.41) is 8.11. The zero-order valence-corrected chi connectivity index (χ0v) is 20.0. The third-order valence-corrected chi connectivity index (χ3v) is 9.42. The van der Waals surface area contributed by atoms with Crippen LogP contribution in [0.4, 0.5) is 0 Å². The van der Waals surface area contributed by atoms with Crippen LogP contribution in [0.1, 0.15) is 40.8 Å². The van der Waals surface area contributed by atoms with Gasteiger partial charge < -0.3 is 28.9 Å². The number of aromatic amines is 1. The molecule has 31 heavy (non-hydrogen) atoms. The van der Waals surface area contributed by atoms with Crippen LogP contribution in [0, 0.1) is 0 Å². The van der Waals surface area contributed by atoms with Crippen molar-refractivity contribution in [3.05, 3.63) is 33.1 Å². The minimum atomic E-state index is -4.10. The summed E-state index contributed by atoms with van der Waals surface area (Å²) in [5.74, 6) is 0. The number of aromatic nitrogens is 2. The van der Waals surface area contributed by atoms with E-state index in [2.05, 4.69) is 0 Å². The minimum Gasteiger partial charge on any atom is -0.386 e. The molecule has 0 bridgehead atoms. The molecule has 0 spiro atoms. The number of nitrogens with zero attached hydrogens (tertiary/aromatic N) is 1. The lowest BCUT2D eigenvalue weighted by Crippen LogP contribution is -2.43. The summed E-state index contributed by atoms with van der Waals surface area (Å²) < 4.78 is 42.2. The van der Waals surface area contributed by atoms with Crippen LogP contribution < -0.4 is 11.2 Å². The van der Waals surface area contributed by atoms with Gasteiger partial charge in [0, 0.05) is 18.9 Å². The van der Waals surface area contributed by atoms with Crippen molar-refractivity contribution in [1.82, 2.24) is 9.55 Å². The van der Waals surface area contributed by atoms with Gasteiger partial charge >= 0.3 is 13.3 Å². The topological polar surface area (TPSA) is 177 Å². The molecule has 178 valence electrons. The highest BCUT2D eigenvalue weighted by Gasteiger charge is 2.51. The average Bonchev–Trinajstić information content (AvgIpc) is 2.87. The molecule has 1 aromatic heterocycles. The third kappa shape index (κ3) is 5.64. The van der Waals surface area contributed by atoms with Gasteiger partial charge in [-0.25, -0.2) is 4.79 Å². The predicted octanol–water partition coefficient (Wildman–Crippen LogP) is 0.817. The molecule has 1 fully saturated rings. The molecule has 1 aliphatic rings. The summed E-state index contributed by atoms with van der Waals surface area (Å²) in [6, 6.07) is 1.05. The van der Waals surface area contributed by atoms with Crippen molar-refractivity contribution in [1.29, 1.82) is 0 Å². The highest BCUT2D eigenvalue weighted by atomic mass is 31.2. The molecule has 4 N–H and O–H groups in total. The first-order chi connectivity index (χ1) is 13.9. The molecule has 6 atom stereocenters. The molecule has 0 saturated carbocycles. The molecule has 2 heterocycles. The maximum Gasteiger partial charge on any atom is 0.333 e. The fourth-order valence-electron chi connectivity index (χ4n) is 2.66. The second-order valence-electron chi connectivity index (χ2n) is 8.97. The number of nitrogens with one attached hydrogen (secondary N) is 1. The van der Waals surface area contributed by atoms with Gasteiger partial charge in [0.25, 0.3) is 5.56 Å². The van der Waals surface area contributed by atoms with Crippen molar-refractivity contribution in [2.24, 2.45) is 0 Å². The summed E-state index contributed by atoms with van der Waals surface area (Å²) in [5.41, 5.74) is -1.51. The van der Waals surface area contributed by atoms with Crippen molar-refractivity contribution >= 4 is 15.0 Å². The van der Waals surface area contributed by atoms with E-state index >= 15 is 0 Å². The second-order valence-corrected chi connectivity index (χ2v) is 14.4. The molecule has 0 amide bonds. The van der Waals surface area contributed by atoms with Crippen molar-refractivity contribution in [3.8, 4) is 0 Å². The molecule has 0 aliphatic carbocycles. The maximum absolute atomic E-state index is 12.5. The lowest BCUT2D eigenvalue weighted by Gasteiger charge is -2.34. The molecule has 0 aromatic carbocycles. The molecule has 4 unspecified atom stereocenters. The summed E-state index contributed by atoms with van der Waals surface area (Å²) in [7, 11) is -7.91. The van der Waals surface area contributed by atoms with E-state index in [9.17, 15) is 33.6 Å². The number of aliphatic hydroxyl groups excluding tert-OH is 1. The molecule has 0 radical (unpaired) electrons. The Hall–Kier alpha value is -1.10. The Morgan fingerprint density at radius 1 is 1.19 bits per heavy atom. The molecule has 1 aromatic rings. The van der Waals surface area contributed by atoms with Gasteiger partial charge in [-0.15, -0.1) is 0 Å². The number of aliphatic hydroxyl groups is 1. The summed E-state index contributed by atoms with van der Waals surface area (Å²) in [6.07, 6.45) is -4.23. The lowest BCUT2D eigenvalue weighted by molar-refractivity contribution is -0.0961. The lowest BCUT2D eigenvalue weighted by atomic mass is 10.1. The Morgan fingerprint density at radius 3 is 2.26 bits per heavy atom. The Kier molecular flexibility index (Phi) is 7.33. The third-order valence-electron chi connectivity index (χ3n) is 5.12. The first-order valence-corrected chi connectivity index (χ1v) is 13.2. The highest BCUT2D eigenvalue weighted by molar-refractivity contribution is 7.58. The quantitative estimate of drug-likeness (QED) is 0.405. The van der Waals surface area contributed by atoms with Crippen molar-refractivity contribution in [2.75, 3.05) is 13.3 Å². The van der Waals surface area contributed by atoms with E-state index in [1.807, 2.05) is 4.98 Å². The van der Waals surface area contributed by atoms with Gasteiger partial charge in [-0.05, 0) is 34.6 Å². The number of rotatable bonds is 7. The van der Waals surface area contributed by atoms with Crippen molar-refractivity contribution in [2.45, 2.75) is 69.7 Å². The molecule has 1 saturated heterocycles. The van der Waals surface area contributed by atoms with Crippen LogP contribution in [0.3, 0.4) is 0 Å². The fraction of sp³-hybridized carbons (Fsp3) is 0.765. The SMILES string of the molecule is CC(C)(OC1C(O)[C@H](n2ccc(=O)[nH]c2=O)O[C@@H]1COP(=O)(O)C(C)(C)C)P(C)(=O)O. The predicted molar refractivity (Wildman–Crippen MR) is 111 cm³/mol. The van der Waals surface area contributed by atoms with Crippen LogP contribution in [0.5, 0.6) is 0 Å². The molecule has 1 aliphatic heterocycles. The van der Waals surface area contributed by atoms with Crippen molar-refractivity contribution < 1.29 is 38.0 Å². The largest absolute Gasteiger partial charge is 0.386 e. The molecule has 14 heteroatoms. The van der Waals surface area contributed by atoms with Crippen LogP contribution in [0.15, 0.2) is 21.9 Å². The van der Waals surface area contributed by atoms with E-state index in [1.54, 1.807) is 0 Å². The van der Waals surface area contributed by atoms with Gasteiger partial charge in [0.1, 0.15) is 23.7 Å². The van der Waals surface area contributed by atoms with E-state index in [1.165, 1.54) is 34.6 Å². The zero-order chi connectivity index (χ0) is 24.0. The number of hydrogen-bond donors (Lipinski definition) is 4. The Morgan fingerprint density at radius 2 is 1.77 bits per heavy atom. The Bertz CT molecular complexity index is 1010. The van der Waals surface area contributed by atoms with Crippen LogP contribution >= 0.6 is 15.0 Å². The fourth-order valence-corrected chi connectivity index (χ4v) is 3.71. The number of H-pyrrole nitrogens is 1. The first kappa shape index (κ1) is 26.2. The normalized spacial score (nSPS) is 28.8. The van der Waals surface area contributed by atoms with Gasteiger partial charge in [-0.2, -0.15) is 0 Å². The maximum atomic E-state index is 12.5. The van der Waals surface area contributed by atoms with Gasteiger partial charge in [0.15, 0.2) is 6.23 Å². The number of hydrogen-bond acceptors (Lipinski definition) is 8. The molecular weight excluding hydrogens is 454 g/mol. The van der Waals surface area contributed by atoms with Gasteiger partial charge in [-0.3, -0.25) is 23.5 Å².